The highest BCUT2D eigenvalue weighted by atomic mass is 19.1. The lowest BCUT2D eigenvalue weighted by Crippen LogP contribution is -2.32. The molecular formula is C17H18FN3O2. The Morgan fingerprint density at radius 3 is 2.65 bits per heavy atom. The van der Waals surface area contributed by atoms with E-state index in [0.29, 0.717) is 0 Å². The SMILES string of the molecule is CCC(C)NC(=O)c1cc(C(=O)Nc2ccccc2F)ccn1. The van der Waals surface area contributed by atoms with Crippen molar-refractivity contribution in [3.63, 3.8) is 0 Å². The van der Waals surface area contributed by atoms with Crippen molar-refractivity contribution in [1.29, 1.82) is 0 Å². The van der Waals surface area contributed by atoms with Crippen LogP contribution in [0.15, 0.2) is 42.6 Å². The van der Waals surface area contributed by atoms with Crippen LogP contribution in [0.1, 0.15) is 41.1 Å². The number of anilines is 1. The van der Waals surface area contributed by atoms with Gasteiger partial charge in [0, 0.05) is 17.8 Å². The number of nitrogens with zero attached hydrogens (tertiary/aromatic N) is 1. The zero-order valence-electron chi connectivity index (χ0n) is 13.0. The second kappa shape index (κ2) is 7.49. The minimum atomic E-state index is -0.523. The molecule has 2 rings (SSSR count). The summed E-state index contributed by atoms with van der Waals surface area (Å²) in [6.45, 7) is 3.84. The normalized spacial score (nSPS) is 11.6. The summed E-state index contributed by atoms with van der Waals surface area (Å²) in [5.74, 6) is -1.38. The monoisotopic (exact) mass is 315 g/mol. The number of carbonyl (C=O) groups is 2. The van der Waals surface area contributed by atoms with E-state index in [1.807, 2.05) is 13.8 Å². The Hall–Kier alpha value is -2.76. The van der Waals surface area contributed by atoms with Crippen molar-refractivity contribution in [2.45, 2.75) is 26.3 Å². The summed E-state index contributed by atoms with van der Waals surface area (Å²) < 4.78 is 13.6. The first-order chi connectivity index (χ1) is 11.0. The Balaban J connectivity index is 2.14. The third-order valence-electron chi connectivity index (χ3n) is 3.37. The summed E-state index contributed by atoms with van der Waals surface area (Å²) in [4.78, 5) is 28.2. The number of rotatable bonds is 5. The molecule has 0 radical (unpaired) electrons. The minimum absolute atomic E-state index is 0.0141. The fraction of sp³-hybridized carbons (Fsp3) is 0.235. The Labute approximate surface area is 133 Å². The molecule has 2 N–H and O–H groups in total. The van der Waals surface area contributed by atoms with Crippen LogP contribution in [-0.4, -0.2) is 22.8 Å². The predicted molar refractivity (Wildman–Crippen MR) is 85.8 cm³/mol. The highest BCUT2D eigenvalue weighted by molar-refractivity contribution is 6.05. The smallest absolute Gasteiger partial charge is 0.270 e. The third kappa shape index (κ3) is 4.35. The molecule has 1 heterocycles. The average Bonchev–Trinajstić information content (AvgIpc) is 2.56. The zero-order valence-corrected chi connectivity index (χ0v) is 13.0. The number of carbonyl (C=O) groups excluding carboxylic acids is 2. The van der Waals surface area contributed by atoms with E-state index in [0.717, 1.165) is 6.42 Å². The van der Waals surface area contributed by atoms with Crippen molar-refractivity contribution >= 4 is 17.5 Å². The van der Waals surface area contributed by atoms with Gasteiger partial charge in [-0.2, -0.15) is 0 Å². The summed E-state index contributed by atoms with van der Waals surface area (Å²) in [5.41, 5.74) is 0.462. The van der Waals surface area contributed by atoms with E-state index in [1.165, 1.54) is 36.5 Å². The maximum atomic E-state index is 13.6. The molecule has 6 heteroatoms. The number of halogens is 1. The first-order valence-corrected chi connectivity index (χ1v) is 7.34. The molecule has 1 aromatic carbocycles. The number of para-hydroxylation sites is 1. The van der Waals surface area contributed by atoms with Gasteiger partial charge in [-0.25, -0.2) is 4.39 Å². The van der Waals surface area contributed by atoms with Crippen molar-refractivity contribution in [2.75, 3.05) is 5.32 Å². The van der Waals surface area contributed by atoms with Crippen LogP contribution in [-0.2, 0) is 0 Å². The molecule has 2 aromatic rings. The van der Waals surface area contributed by atoms with Crippen molar-refractivity contribution in [1.82, 2.24) is 10.3 Å². The lowest BCUT2D eigenvalue weighted by atomic mass is 10.2. The van der Waals surface area contributed by atoms with Gasteiger partial charge >= 0.3 is 0 Å². The van der Waals surface area contributed by atoms with Gasteiger partial charge in [0.15, 0.2) is 0 Å². The second-order valence-corrected chi connectivity index (χ2v) is 5.15. The predicted octanol–water partition coefficient (Wildman–Crippen LogP) is 3.00. The molecule has 0 aliphatic carbocycles. The summed E-state index contributed by atoms with van der Waals surface area (Å²) in [6.07, 6.45) is 2.17. The molecule has 0 aliphatic rings. The molecule has 1 unspecified atom stereocenters. The quantitative estimate of drug-likeness (QED) is 0.891. The first kappa shape index (κ1) is 16.6. The molecule has 0 saturated heterocycles. The molecule has 2 amide bonds. The van der Waals surface area contributed by atoms with Crippen LogP contribution in [0.2, 0.25) is 0 Å². The van der Waals surface area contributed by atoms with E-state index in [9.17, 15) is 14.0 Å². The van der Waals surface area contributed by atoms with E-state index in [2.05, 4.69) is 15.6 Å². The van der Waals surface area contributed by atoms with Gasteiger partial charge in [0.2, 0.25) is 0 Å². The van der Waals surface area contributed by atoms with Crippen molar-refractivity contribution in [3.8, 4) is 0 Å². The first-order valence-electron chi connectivity index (χ1n) is 7.34. The summed E-state index contributed by atoms with van der Waals surface area (Å²) in [6, 6.07) is 8.74. The molecule has 23 heavy (non-hydrogen) atoms. The van der Waals surface area contributed by atoms with Gasteiger partial charge in [0.05, 0.1) is 5.69 Å². The Bertz CT molecular complexity index is 718. The van der Waals surface area contributed by atoms with E-state index < -0.39 is 11.7 Å². The van der Waals surface area contributed by atoms with Gasteiger partial charge < -0.3 is 10.6 Å². The molecule has 0 aliphatic heterocycles. The van der Waals surface area contributed by atoms with Gasteiger partial charge in [0.1, 0.15) is 11.5 Å². The van der Waals surface area contributed by atoms with Crippen LogP contribution in [0.5, 0.6) is 0 Å². The highest BCUT2D eigenvalue weighted by Gasteiger charge is 2.14. The van der Waals surface area contributed by atoms with Gasteiger partial charge in [-0.1, -0.05) is 19.1 Å². The maximum Gasteiger partial charge on any atom is 0.270 e. The lowest BCUT2D eigenvalue weighted by Gasteiger charge is -2.11. The Morgan fingerprint density at radius 1 is 1.22 bits per heavy atom. The standard InChI is InChI=1S/C17H18FN3O2/c1-3-11(2)20-17(23)15-10-12(8-9-19-15)16(22)21-14-7-5-4-6-13(14)18/h4-11H,3H2,1-2H3,(H,20,23)(H,21,22). The lowest BCUT2D eigenvalue weighted by molar-refractivity contribution is 0.0934. The summed E-state index contributed by atoms with van der Waals surface area (Å²) >= 11 is 0. The number of hydrogen-bond donors (Lipinski definition) is 2. The number of amides is 2. The van der Waals surface area contributed by atoms with Crippen molar-refractivity contribution < 1.29 is 14.0 Å². The van der Waals surface area contributed by atoms with Crippen LogP contribution < -0.4 is 10.6 Å². The number of aromatic nitrogens is 1. The van der Waals surface area contributed by atoms with Crippen molar-refractivity contribution in [3.05, 3.63) is 59.7 Å². The topological polar surface area (TPSA) is 71.1 Å². The molecule has 0 fully saturated rings. The maximum absolute atomic E-state index is 13.6. The van der Waals surface area contributed by atoms with Gasteiger partial charge in [0.25, 0.3) is 11.8 Å². The van der Waals surface area contributed by atoms with Crippen LogP contribution >= 0.6 is 0 Å². The van der Waals surface area contributed by atoms with Crippen LogP contribution in [0.3, 0.4) is 0 Å². The molecule has 1 atom stereocenters. The third-order valence-corrected chi connectivity index (χ3v) is 3.37. The van der Waals surface area contributed by atoms with Gasteiger partial charge in [-0.05, 0) is 37.6 Å². The molecular weight excluding hydrogens is 297 g/mol. The number of hydrogen-bond acceptors (Lipinski definition) is 3. The van der Waals surface area contributed by atoms with E-state index >= 15 is 0 Å². The summed E-state index contributed by atoms with van der Waals surface area (Å²) in [7, 11) is 0. The molecule has 5 nitrogen and oxygen atoms in total. The van der Waals surface area contributed by atoms with E-state index in [-0.39, 0.29) is 28.9 Å². The highest BCUT2D eigenvalue weighted by Crippen LogP contribution is 2.14. The molecule has 0 bridgehead atoms. The number of pyridine rings is 1. The van der Waals surface area contributed by atoms with Crippen LogP contribution in [0.4, 0.5) is 10.1 Å². The van der Waals surface area contributed by atoms with Crippen molar-refractivity contribution in [2.24, 2.45) is 0 Å². The largest absolute Gasteiger partial charge is 0.348 e. The molecule has 1 aromatic heterocycles. The van der Waals surface area contributed by atoms with Crippen LogP contribution in [0, 0.1) is 5.82 Å². The molecule has 120 valence electrons. The molecule has 0 spiro atoms. The van der Waals surface area contributed by atoms with Gasteiger partial charge in [-0.3, -0.25) is 14.6 Å². The van der Waals surface area contributed by atoms with E-state index in [4.69, 9.17) is 0 Å². The van der Waals surface area contributed by atoms with Gasteiger partial charge in [-0.15, -0.1) is 0 Å². The van der Waals surface area contributed by atoms with E-state index in [1.54, 1.807) is 6.07 Å². The fourth-order valence-electron chi connectivity index (χ4n) is 1.85. The second-order valence-electron chi connectivity index (χ2n) is 5.15. The molecule has 0 saturated carbocycles. The summed E-state index contributed by atoms with van der Waals surface area (Å²) in [5, 5.41) is 5.25. The zero-order chi connectivity index (χ0) is 16.8. The van der Waals surface area contributed by atoms with Crippen LogP contribution in [0.25, 0.3) is 0 Å². The number of nitrogens with one attached hydrogen (secondary N) is 2. The average molecular weight is 315 g/mol. The Morgan fingerprint density at radius 2 is 1.96 bits per heavy atom. The Kier molecular flexibility index (Phi) is 5.41. The number of benzene rings is 1. The minimum Gasteiger partial charge on any atom is -0.348 e. The fourth-order valence-corrected chi connectivity index (χ4v) is 1.85.